The lowest BCUT2D eigenvalue weighted by molar-refractivity contribution is -0.122. The molecule has 2 rings (SSSR count). The largest absolute Gasteiger partial charge is 0.491 e. The fourth-order valence-corrected chi connectivity index (χ4v) is 4.04. The number of sulfonamides is 1. The summed E-state index contributed by atoms with van der Waals surface area (Å²) in [5.74, 6) is 0.330. The minimum atomic E-state index is -3.67. The Labute approximate surface area is 171 Å². The predicted molar refractivity (Wildman–Crippen MR) is 113 cm³/mol. The number of carbonyl (C=O) groups excluding carboxylic acids is 1. The third kappa shape index (κ3) is 5.87. The molecule has 2 unspecified atom stereocenters. The predicted octanol–water partition coefficient (Wildman–Crippen LogP) is 3.39. The number of anilines is 1. The van der Waals surface area contributed by atoms with Gasteiger partial charge in [-0.2, -0.15) is 0 Å². The summed E-state index contributed by atoms with van der Waals surface area (Å²) in [6.07, 6.45) is 1.07. The van der Waals surface area contributed by atoms with E-state index in [1.54, 1.807) is 38.1 Å². The summed E-state index contributed by atoms with van der Waals surface area (Å²) in [5, 5.41) is 3.29. The summed E-state index contributed by atoms with van der Waals surface area (Å²) in [7, 11) is -3.67. The third-order valence-corrected chi connectivity index (χ3v) is 5.63. The van der Waals surface area contributed by atoms with E-state index in [0.717, 1.165) is 21.9 Å². The maximum atomic E-state index is 12.7. The Morgan fingerprint density at radius 2 is 1.75 bits per heavy atom. The molecule has 0 heterocycles. The number of aryl methyl sites for hydroxylation is 1. The van der Waals surface area contributed by atoms with Gasteiger partial charge in [-0.3, -0.25) is 9.10 Å². The third-order valence-electron chi connectivity index (χ3n) is 4.14. The first-order valence-corrected chi connectivity index (χ1v) is 11.1. The van der Waals surface area contributed by atoms with Gasteiger partial charge in [-0.1, -0.05) is 29.8 Å². The average Bonchev–Trinajstić information content (AvgIpc) is 2.61. The zero-order valence-corrected chi connectivity index (χ0v) is 17.9. The van der Waals surface area contributed by atoms with Gasteiger partial charge in [-0.15, -0.1) is 0 Å². The van der Waals surface area contributed by atoms with Crippen LogP contribution in [0.3, 0.4) is 0 Å². The van der Waals surface area contributed by atoms with Crippen molar-refractivity contribution in [3.05, 3.63) is 59.1 Å². The topological polar surface area (TPSA) is 75.7 Å². The fourth-order valence-electron chi connectivity index (χ4n) is 2.74. The van der Waals surface area contributed by atoms with Crippen LogP contribution < -0.4 is 14.4 Å². The molecule has 0 aliphatic rings. The summed E-state index contributed by atoms with van der Waals surface area (Å²) in [6, 6.07) is 12.7. The highest BCUT2D eigenvalue weighted by atomic mass is 35.5. The molecule has 2 aromatic carbocycles. The molecule has 2 aromatic rings. The molecule has 2 atom stereocenters. The number of carbonyl (C=O) groups is 1. The maximum Gasteiger partial charge on any atom is 0.243 e. The van der Waals surface area contributed by atoms with Crippen LogP contribution in [0.25, 0.3) is 0 Å². The first-order valence-electron chi connectivity index (χ1n) is 8.83. The van der Waals surface area contributed by atoms with Crippen LogP contribution in [0.2, 0.25) is 5.02 Å². The molecule has 1 amide bonds. The number of nitrogens with zero attached hydrogens (tertiary/aromatic N) is 1. The molecule has 0 fully saturated rings. The van der Waals surface area contributed by atoms with Crippen molar-refractivity contribution in [3.8, 4) is 5.75 Å². The summed E-state index contributed by atoms with van der Waals surface area (Å²) in [6.45, 7) is 5.55. The molecule has 6 nitrogen and oxygen atoms in total. The lowest BCUT2D eigenvalue weighted by Crippen LogP contribution is -2.50. The van der Waals surface area contributed by atoms with Crippen molar-refractivity contribution < 1.29 is 17.9 Å². The summed E-state index contributed by atoms with van der Waals surface area (Å²) < 4.78 is 31.4. The molecule has 0 aliphatic heterocycles. The highest BCUT2D eigenvalue weighted by Gasteiger charge is 2.29. The second kappa shape index (κ2) is 9.30. The average molecular weight is 425 g/mol. The second-order valence-electron chi connectivity index (χ2n) is 6.70. The van der Waals surface area contributed by atoms with Gasteiger partial charge in [-0.05, 0) is 56.7 Å². The number of ether oxygens (including phenoxy) is 1. The van der Waals surface area contributed by atoms with E-state index in [1.165, 1.54) is 0 Å². The number of rotatable bonds is 8. The summed E-state index contributed by atoms with van der Waals surface area (Å²) >= 11 is 5.88. The van der Waals surface area contributed by atoms with Crippen molar-refractivity contribution >= 4 is 33.2 Å². The monoisotopic (exact) mass is 424 g/mol. The van der Waals surface area contributed by atoms with Gasteiger partial charge in [0.25, 0.3) is 0 Å². The molecule has 0 saturated carbocycles. The number of para-hydroxylation sites is 1. The molecule has 0 radical (unpaired) electrons. The van der Waals surface area contributed by atoms with E-state index >= 15 is 0 Å². The molecule has 0 bridgehead atoms. The van der Waals surface area contributed by atoms with Crippen LogP contribution in [0.1, 0.15) is 19.4 Å². The van der Waals surface area contributed by atoms with E-state index in [-0.39, 0.29) is 12.6 Å². The normalized spacial score (nSPS) is 13.5. The molecule has 0 spiro atoms. The van der Waals surface area contributed by atoms with Crippen LogP contribution in [-0.4, -0.2) is 39.3 Å². The quantitative estimate of drug-likeness (QED) is 0.704. The SMILES string of the molecule is Cc1ccccc1OCC(C)NC(=O)C(C)N(c1ccc(Cl)cc1)S(C)(=O)=O. The smallest absolute Gasteiger partial charge is 0.243 e. The Balaban J connectivity index is 2.06. The lowest BCUT2D eigenvalue weighted by Gasteiger charge is -2.29. The van der Waals surface area contributed by atoms with E-state index in [9.17, 15) is 13.2 Å². The van der Waals surface area contributed by atoms with Crippen LogP contribution in [-0.2, 0) is 14.8 Å². The Kier molecular flexibility index (Phi) is 7.32. The first kappa shape index (κ1) is 22.0. The van der Waals surface area contributed by atoms with Gasteiger partial charge in [0.15, 0.2) is 0 Å². The van der Waals surface area contributed by atoms with Crippen LogP contribution >= 0.6 is 11.6 Å². The van der Waals surface area contributed by atoms with Crippen LogP contribution in [0.4, 0.5) is 5.69 Å². The molecule has 1 N–H and O–H groups in total. The number of benzene rings is 2. The standard InChI is InChI=1S/C20H25ClN2O4S/c1-14-7-5-6-8-19(14)27-13-15(2)22-20(24)16(3)23(28(4,25)26)18-11-9-17(21)10-12-18/h5-12,15-16H,13H2,1-4H3,(H,22,24). The summed E-state index contributed by atoms with van der Waals surface area (Å²) in [5.41, 5.74) is 1.37. The zero-order valence-electron chi connectivity index (χ0n) is 16.3. The first-order chi connectivity index (χ1) is 13.1. The van der Waals surface area contributed by atoms with E-state index in [1.807, 2.05) is 31.2 Å². The second-order valence-corrected chi connectivity index (χ2v) is 8.99. The molecule has 8 heteroatoms. The Morgan fingerprint density at radius 3 is 2.32 bits per heavy atom. The van der Waals surface area contributed by atoms with Gasteiger partial charge in [0, 0.05) is 5.02 Å². The minimum absolute atomic E-state index is 0.267. The fraction of sp³-hybridized carbons (Fsp3) is 0.350. The van der Waals surface area contributed by atoms with E-state index in [4.69, 9.17) is 16.3 Å². The van der Waals surface area contributed by atoms with Crippen molar-refractivity contribution in [2.75, 3.05) is 17.2 Å². The Hall–Kier alpha value is -2.25. The Morgan fingerprint density at radius 1 is 1.14 bits per heavy atom. The summed E-state index contributed by atoms with van der Waals surface area (Å²) in [4.78, 5) is 12.7. The number of hydrogen-bond donors (Lipinski definition) is 1. The highest BCUT2D eigenvalue weighted by Crippen LogP contribution is 2.23. The van der Waals surface area contributed by atoms with Gasteiger partial charge in [0.2, 0.25) is 15.9 Å². The van der Waals surface area contributed by atoms with Gasteiger partial charge in [0.1, 0.15) is 18.4 Å². The number of nitrogens with one attached hydrogen (secondary N) is 1. The molecule has 0 saturated heterocycles. The zero-order chi connectivity index (χ0) is 20.9. The van der Waals surface area contributed by atoms with E-state index in [0.29, 0.717) is 10.7 Å². The molecular formula is C20H25ClN2O4S. The highest BCUT2D eigenvalue weighted by molar-refractivity contribution is 7.92. The van der Waals surface area contributed by atoms with E-state index in [2.05, 4.69) is 5.32 Å². The van der Waals surface area contributed by atoms with Gasteiger partial charge in [-0.25, -0.2) is 8.42 Å². The Bertz CT molecular complexity index is 916. The van der Waals surface area contributed by atoms with Gasteiger partial charge < -0.3 is 10.1 Å². The molecular weight excluding hydrogens is 400 g/mol. The van der Waals surface area contributed by atoms with Gasteiger partial charge in [0.05, 0.1) is 18.0 Å². The van der Waals surface area contributed by atoms with Gasteiger partial charge >= 0.3 is 0 Å². The van der Waals surface area contributed by atoms with Crippen molar-refractivity contribution in [2.45, 2.75) is 32.9 Å². The number of hydrogen-bond acceptors (Lipinski definition) is 4. The molecule has 0 aromatic heterocycles. The minimum Gasteiger partial charge on any atom is -0.491 e. The van der Waals surface area contributed by atoms with Crippen molar-refractivity contribution in [1.29, 1.82) is 0 Å². The van der Waals surface area contributed by atoms with Crippen molar-refractivity contribution in [2.24, 2.45) is 0 Å². The van der Waals surface area contributed by atoms with Crippen LogP contribution in [0.5, 0.6) is 5.75 Å². The molecule has 28 heavy (non-hydrogen) atoms. The van der Waals surface area contributed by atoms with Crippen LogP contribution in [0, 0.1) is 6.92 Å². The molecule has 0 aliphatic carbocycles. The number of amides is 1. The maximum absolute atomic E-state index is 12.7. The van der Waals surface area contributed by atoms with E-state index < -0.39 is 22.0 Å². The molecule has 152 valence electrons. The van der Waals surface area contributed by atoms with Crippen LogP contribution in [0.15, 0.2) is 48.5 Å². The lowest BCUT2D eigenvalue weighted by atomic mass is 10.2. The number of halogens is 1. The van der Waals surface area contributed by atoms with Crippen molar-refractivity contribution in [3.63, 3.8) is 0 Å². The van der Waals surface area contributed by atoms with Crippen molar-refractivity contribution in [1.82, 2.24) is 5.32 Å².